The number of hydrogen-bond acceptors (Lipinski definition) is 4. The topological polar surface area (TPSA) is 81.8 Å². The molecule has 0 saturated heterocycles. The third-order valence-corrected chi connectivity index (χ3v) is 2.04. The van der Waals surface area contributed by atoms with Gasteiger partial charge in [0.05, 0.1) is 13.2 Å². The van der Waals surface area contributed by atoms with Gasteiger partial charge in [-0.15, -0.1) is 0 Å². The van der Waals surface area contributed by atoms with Crippen molar-refractivity contribution < 1.29 is 19.4 Å². The predicted molar refractivity (Wildman–Crippen MR) is 58.3 cm³/mol. The van der Waals surface area contributed by atoms with E-state index in [-0.39, 0.29) is 6.61 Å². The molecule has 0 aliphatic rings. The zero-order valence-corrected chi connectivity index (χ0v) is 9.27. The molecule has 0 aliphatic carbocycles. The van der Waals surface area contributed by atoms with Crippen LogP contribution in [0.15, 0.2) is 18.2 Å². The molecule has 0 saturated carbocycles. The van der Waals surface area contributed by atoms with Gasteiger partial charge in [-0.05, 0) is 19.1 Å². The Hall–Kier alpha value is -1.75. The molecular formula is C11H15NO4. The van der Waals surface area contributed by atoms with Crippen molar-refractivity contribution in [2.24, 2.45) is 5.73 Å². The van der Waals surface area contributed by atoms with Crippen LogP contribution in [-0.2, 0) is 4.79 Å². The molecule has 1 atom stereocenters. The standard InChI is InChI=1S/C11H15NO4/c1-7(13)9-4-3-8(15-2)5-10(9)16-6-11(12)14/h3-5,7,13H,6H2,1-2H3,(H2,12,14). The first-order chi connectivity index (χ1) is 7.54. The molecule has 0 fully saturated rings. The molecule has 0 aliphatic heterocycles. The third kappa shape index (κ3) is 3.13. The summed E-state index contributed by atoms with van der Waals surface area (Å²) in [5, 5.41) is 9.50. The number of carbonyl (C=O) groups is 1. The number of rotatable bonds is 5. The zero-order chi connectivity index (χ0) is 12.1. The van der Waals surface area contributed by atoms with Crippen molar-refractivity contribution in [3.05, 3.63) is 23.8 Å². The highest BCUT2D eigenvalue weighted by Gasteiger charge is 2.11. The Labute approximate surface area is 93.8 Å². The Morgan fingerprint density at radius 1 is 1.56 bits per heavy atom. The number of primary amides is 1. The summed E-state index contributed by atoms with van der Waals surface area (Å²) in [5.41, 5.74) is 5.56. The van der Waals surface area contributed by atoms with Gasteiger partial charge >= 0.3 is 0 Å². The Morgan fingerprint density at radius 3 is 2.75 bits per heavy atom. The lowest BCUT2D eigenvalue weighted by atomic mass is 10.1. The number of nitrogens with two attached hydrogens (primary N) is 1. The lowest BCUT2D eigenvalue weighted by molar-refractivity contribution is -0.120. The number of benzene rings is 1. The monoisotopic (exact) mass is 225 g/mol. The van der Waals surface area contributed by atoms with E-state index in [0.717, 1.165) is 0 Å². The third-order valence-electron chi connectivity index (χ3n) is 2.04. The highest BCUT2D eigenvalue weighted by molar-refractivity contribution is 5.75. The molecule has 1 aromatic rings. The second-order valence-electron chi connectivity index (χ2n) is 3.33. The summed E-state index contributed by atoms with van der Waals surface area (Å²) < 4.78 is 10.2. The first kappa shape index (κ1) is 12.3. The van der Waals surface area contributed by atoms with Crippen molar-refractivity contribution in [3.63, 3.8) is 0 Å². The van der Waals surface area contributed by atoms with E-state index in [1.807, 2.05) is 0 Å². The van der Waals surface area contributed by atoms with Gasteiger partial charge in [-0.25, -0.2) is 0 Å². The van der Waals surface area contributed by atoms with Crippen molar-refractivity contribution in [2.75, 3.05) is 13.7 Å². The maximum Gasteiger partial charge on any atom is 0.255 e. The first-order valence-corrected chi connectivity index (χ1v) is 4.81. The molecule has 5 nitrogen and oxygen atoms in total. The van der Waals surface area contributed by atoms with Crippen LogP contribution in [0.4, 0.5) is 0 Å². The van der Waals surface area contributed by atoms with Crippen LogP contribution in [0.3, 0.4) is 0 Å². The average molecular weight is 225 g/mol. The minimum Gasteiger partial charge on any atom is -0.497 e. The van der Waals surface area contributed by atoms with Gasteiger partial charge in [-0.3, -0.25) is 4.79 Å². The van der Waals surface area contributed by atoms with E-state index in [9.17, 15) is 9.90 Å². The summed E-state index contributed by atoms with van der Waals surface area (Å²) in [6.07, 6.45) is -0.686. The van der Waals surface area contributed by atoms with E-state index in [4.69, 9.17) is 15.2 Å². The Morgan fingerprint density at radius 2 is 2.25 bits per heavy atom. The number of ether oxygens (including phenoxy) is 2. The molecule has 0 aromatic heterocycles. The number of hydrogen-bond donors (Lipinski definition) is 2. The first-order valence-electron chi connectivity index (χ1n) is 4.81. The molecule has 3 N–H and O–H groups in total. The van der Waals surface area contributed by atoms with Crippen LogP contribution >= 0.6 is 0 Å². The van der Waals surface area contributed by atoms with Crippen LogP contribution in [0, 0.1) is 0 Å². The van der Waals surface area contributed by atoms with Gasteiger partial charge in [0.2, 0.25) is 0 Å². The number of aliphatic hydroxyl groups excluding tert-OH is 1. The van der Waals surface area contributed by atoms with Crippen LogP contribution in [0.2, 0.25) is 0 Å². The van der Waals surface area contributed by atoms with Gasteiger partial charge in [0.1, 0.15) is 11.5 Å². The molecule has 1 unspecified atom stereocenters. The van der Waals surface area contributed by atoms with E-state index in [0.29, 0.717) is 17.1 Å². The smallest absolute Gasteiger partial charge is 0.255 e. The normalized spacial score (nSPS) is 11.9. The van der Waals surface area contributed by atoms with Gasteiger partial charge in [0.15, 0.2) is 6.61 Å². The SMILES string of the molecule is COc1ccc(C(C)O)c(OCC(N)=O)c1. The summed E-state index contributed by atoms with van der Waals surface area (Å²) in [6, 6.07) is 4.99. The van der Waals surface area contributed by atoms with E-state index >= 15 is 0 Å². The Bertz CT molecular complexity index is 376. The summed E-state index contributed by atoms with van der Waals surface area (Å²) in [7, 11) is 1.52. The molecule has 16 heavy (non-hydrogen) atoms. The molecule has 1 amide bonds. The predicted octanol–water partition coefficient (Wildman–Crippen LogP) is 0.613. The van der Waals surface area contributed by atoms with Crippen LogP contribution in [0.5, 0.6) is 11.5 Å². The molecule has 0 bridgehead atoms. The van der Waals surface area contributed by atoms with Crippen LogP contribution in [0.1, 0.15) is 18.6 Å². The molecule has 88 valence electrons. The summed E-state index contributed by atoms with van der Waals surface area (Å²) >= 11 is 0. The van der Waals surface area contributed by atoms with E-state index in [2.05, 4.69) is 0 Å². The molecular weight excluding hydrogens is 210 g/mol. The van der Waals surface area contributed by atoms with Gasteiger partial charge in [-0.1, -0.05) is 0 Å². The van der Waals surface area contributed by atoms with Crippen LogP contribution in [0.25, 0.3) is 0 Å². The van der Waals surface area contributed by atoms with Crippen molar-refractivity contribution in [2.45, 2.75) is 13.0 Å². The second kappa shape index (κ2) is 5.37. The average Bonchev–Trinajstić information content (AvgIpc) is 2.25. The fourth-order valence-corrected chi connectivity index (χ4v) is 1.26. The van der Waals surface area contributed by atoms with Gasteiger partial charge in [-0.2, -0.15) is 0 Å². The minimum absolute atomic E-state index is 0.229. The second-order valence-corrected chi connectivity index (χ2v) is 3.33. The molecule has 1 aromatic carbocycles. The largest absolute Gasteiger partial charge is 0.497 e. The minimum atomic E-state index is -0.686. The maximum absolute atomic E-state index is 10.6. The highest BCUT2D eigenvalue weighted by atomic mass is 16.5. The quantitative estimate of drug-likeness (QED) is 0.769. The van der Waals surface area contributed by atoms with E-state index in [1.54, 1.807) is 25.1 Å². The fraction of sp³-hybridized carbons (Fsp3) is 0.364. The van der Waals surface area contributed by atoms with Crippen molar-refractivity contribution in [3.8, 4) is 11.5 Å². The fourth-order valence-electron chi connectivity index (χ4n) is 1.26. The van der Waals surface area contributed by atoms with Crippen LogP contribution < -0.4 is 15.2 Å². The van der Waals surface area contributed by atoms with E-state index < -0.39 is 12.0 Å². The van der Waals surface area contributed by atoms with Crippen molar-refractivity contribution in [1.82, 2.24) is 0 Å². The zero-order valence-electron chi connectivity index (χ0n) is 9.27. The molecule has 0 heterocycles. The van der Waals surface area contributed by atoms with Gasteiger partial charge < -0.3 is 20.3 Å². The summed E-state index contributed by atoms with van der Waals surface area (Å²) in [5.74, 6) is 0.413. The maximum atomic E-state index is 10.6. The molecule has 1 rings (SSSR count). The Balaban J connectivity index is 2.95. The summed E-state index contributed by atoms with van der Waals surface area (Å²) in [4.78, 5) is 10.6. The number of amides is 1. The van der Waals surface area contributed by atoms with Crippen molar-refractivity contribution in [1.29, 1.82) is 0 Å². The summed E-state index contributed by atoms with van der Waals surface area (Å²) in [6.45, 7) is 1.38. The van der Waals surface area contributed by atoms with Crippen LogP contribution in [-0.4, -0.2) is 24.7 Å². The lowest BCUT2D eigenvalue weighted by Crippen LogP contribution is -2.20. The number of methoxy groups -OCH3 is 1. The van der Waals surface area contributed by atoms with Gasteiger partial charge in [0.25, 0.3) is 5.91 Å². The lowest BCUT2D eigenvalue weighted by Gasteiger charge is -2.13. The molecule has 0 radical (unpaired) electrons. The number of carbonyl (C=O) groups excluding carboxylic acids is 1. The Kier molecular flexibility index (Phi) is 4.13. The number of aliphatic hydroxyl groups is 1. The van der Waals surface area contributed by atoms with Crippen molar-refractivity contribution >= 4 is 5.91 Å². The van der Waals surface area contributed by atoms with Gasteiger partial charge in [0, 0.05) is 11.6 Å². The molecule has 0 spiro atoms. The highest BCUT2D eigenvalue weighted by Crippen LogP contribution is 2.29. The molecule has 5 heteroatoms. The van der Waals surface area contributed by atoms with E-state index in [1.165, 1.54) is 7.11 Å².